The van der Waals surface area contributed by atoms with Crippen molar-refractivity contribution in [3.63, 3.8) is 0 Å². The summed E-state index contributed by atoms with van der Waals surface area (Å²) >= 11 is 0. The van der Waals surface area contributed by atoms with E-state index < -0.39 is 6.10 Å². The largest absolute Gasteiger partial charge is 0.462 e. The van der Waals surface area contributed by atoms with E-state index in [9.17, 15) is 14.4 Å². The molecule has 0 spiro atoms. The Morgan fingerprint density at radius 1 is 0.275 bits per heavy atom. The van der Waals surface area contributed by atoms with Crippen LogP contribution in [-0.4, -0.2) is 37.2 Å². The molecule has 0 aromatic heterocycles. The van der Waals surface area contributed by atoms with E-state index in [-0.39, 0.29) is 31.1 Å². The maximum Gasteiger partial charge on any atom is 0.306 e. The van der Waals surface area contributed by atoms with E-state index in [1.807, 2.05) is 0 Å². The predicted molar refractivity (Wildman–Crippen MR) is 298 cm³/mol. The van der Waals surface area contributed by atoms with E-state index in [4.69, 9.17) is 14.2 Å². The van der Waals surface area contributed by atoms with Crippen LogP contribution in [0.2, 0.25) is 0 Å². The number of carbonyl (C=O) groups is 3. The highest BCUT2D eigenvalue weighted by molar-refractivity contribution is 5.71. The molecule has 0 heterocycles. The first-order valence-corrected chi connectivity index (χ1v) is 30.8. The number of allylic oxidation sites excluding steroid dienone is 4. The second-order valence-corrected chi connectivity index (χ2v) is 21.0. The lowest BCUT2D eigenvalue weighted by molar-refractivity contribution is -0.167. The molecule has 6 nitrogen and oxygen atoms in total. The molecule has 0 bridgehead atoms. The van der Waals surface area contributed by atoms with Gasteiger partial charge in [0.2, 0.25) is 0 Å². The summed E-state index contributed by atoms with van der Waals surface area (Å²) in [5, 5.41) is 0. The standard InChI is InChI=1S/C63H118O6/c1-4-7-10-13-16-19-22-24-26-28-30-31-32-33-34-36-37-39-41-44-47-50-53-56-62(65)68-59-60(58-67-61(64)55-52-49-46-43-21-18-15-12-9-6-3)69-63(66)57-54-51-48-45-42-40-38-35-29-27-25-23-20-17-14-11-8-5-2/h27-30,60H,4-26,31-59H2,1-3H3/b29-27-,30-28-. The topological polar surface area (TPSA) is 78.9 Å². The van der Waals surface area contributed by atoms with Gasteiger partial charge < -0.3 is 14.2 Å². The quantitative estimate of drug-likeness (QED) is 0.0261. The van der Waals surface area contributed by atoms with E-state index >= 15 is 0 Å². The molecule has 0 aliphatic rings. The van der Waals surface area contributed by atoms with Crippen LogP contribution in [0, 0.1) is 0 Å². The molecule has 0 rings (SSSR count). The Balaban J connectivity index is 4.22. The predicted octanol–water partition coefficient (Wildman–Crippen LogP) is 20.7. The maximum absolute atomic E-state index is 12.9. The van der Waals surface area contributed by atoms with Gasteiger partial charge in [-0.25, -0.2) is 0 Å². The van der Waals surface area contributed by atoms with Gasteiger partial charge in [0.15, 0.2) is 6.10 Å². The van der Waals surface area contributed by atoms with Crippen molar-refractivity contribution in [1.29, 1.82) is 0 Å². The van der Waals surface area contributed by atoms with E-state index in [2.05, 4.69) is 45.1 Å². The van der Waals surface area contributed by atoms with Gasteiger partial charge in [-0.1, -0.05) is 276 Å². The average Bonchev–Trinajstić information content (AvgIpc) is 3.35. The number of unbranched alkanes of at least 4 members (excludes halogenated alkanes) is 42. The summed E-state index contributed by atoms with van der Waals surface area (Å²) in [6.45, 7) is 6.67. The summed E-state index contributed by atoms with van der Waals surface area (Å²) in [5.41, 5.74) is 0. The average molecular weight is 972 g/mol. The Morgan fingerprint density at radius 3 is 0.725 bits per heavy atom. The molecule has 0 fully saturated rings. The van der Waals surface area contributed by atoms with Crippen molar-refractivity contribution in [3.8, 4) is 0 Å². The van der Waals surface area contributed by atoms with Crippen LogP contribution >= 0.6 is 0 Å². The van der Waals surface area contributed by atoms with Crippen molar-refractivity contribution >= 4 is 17.9 Å². The number of hydrogen-bond donors (Lipinski definition) is 0. The fourth-order valence-corrected chi connectivity index (χ4v) is 9.26. The molecule has 1 atom stereocenters. The van der Waals surface area contributed by atoms with Crippen LogP contribution in [0.4, 0.5) is 0 Å². The third-order valence-electron chi connectivity index (χ3n) is 13.9. The third kappa shape index (κ3) is 56.7. The first kappa shape index (κ1) is 66.9. The molecule has 0 aromatic carbocycles. The molecule has 1 unspecified atom stereocenters. The van der Waals surface area contributed by atoms with Crippen LogP contribution in [0.3, 0.4) is 0 Å². The first-order chi connectivity index (χ1) is 34.0. The van der Waals surface area contributed by atoms with Crippen molar-refractivity contribution < 1.29 is 28.6 Å². The van der Waals surface area contributed by atoms with Crippen LogP contribution in [0.1, 0.15) is 342 Å². The van der Waals surface area contributed by atoms with Gasteiger partial charge in [0.25, 0.3) is 0 Å². The van der Waals surface area contributed by atoms with Gasteiger partial charge in [-0.2, -0.15) is 0 Å². The van der Waals surface area contributed by atoms with E-state index in [0.29, 0.717) is 19.3 Å². The summed E-state index contributed by atoms with van der Waals surface area (Å²) in [4.78, 5) is 38.1. The molecule has 0 aromatic rings. The Morgan fingerprint density at radius 2 is 0.478 bits per heavy atom. The minimum Gasteiger partial charge on any atom is -0.462 e. The highest BCUT2D eigenvalue weighted by Crippen LogP contribution is 2.17. The molecular weight excluding hydrogens is 853 g/mol. The van der Waals surface area contributed by atoms with Gasteiger partial charge in [0, 0.05) is 19.3 Å². The summed E-state index contributed by atoms with van der Waals surface area (Å²) in [6, 6.07) is 0. The number of ether oxygens (including phenoxy) is 3. The number of rotatable bonds is 57. The number of hydrogen-bond acceptors (Lipinski definition) is 6. The number of carbonyl (C=O) groups excluding carboxylic acids is 3. The molecule has 0 saturated heterocycles. The summed E-state index contributed by atoms with van der Waals surface area (Å²) < 4.78 is 16.9. The van der Waals surface area contributed by atoms with Crippen LogP contribution in [0.5, 0.6) is 0 Å². The highest BCUT2D eigenvalue weighted by atomic mass is 16.6. The molecule has 0 aliphatic carbocycles. The van der Waals surface area contributed by atoms with Gasteiger partial charge >= 0.3 is 17.9 Å². The number of esters is 3. The third-order valence-corrected chi connectivity index (χ3v) is 13.9. The summed E-state index contributed by atoms with van der Waals surface area (Å²) in [6.07, 6.45) is 69.0. The Labute approximate surface area is 430 Å². The smallest absolute Gasteiger partial charge is 0.306 e. The Bertz CT molecular complexity index is 1110. The Kier molecular flexibility index (Phi) is 56.7. The van der Waals surface area contributed by atoms with E-state index in [0.717, 1.165) is 57.8 Å². The molecule has 0 radical (unpaired) electrons. The second kappa shape index (κ2) is 58.5. The monoisotopic (exact) mass is 971 g/mol. The molecule has 6 heteroatoms. The fraction of sp³-hybridized carbons (Fsp3) is 0.889. The van der Waals surface area contributed by atoms with Gasteiger partial charge in [-0.05, 0) is 70.6 Å². The van der Waals surface area contributed by atoms with Gasteiger partial charge in [-0.3, -0.25) is 14.4 Å². The summed E-state index contributed by atoms with van der Waals surface area (Å²) in [7, 11) is 0. The first-order valence-electron chi connectivity index (χ1n) is 30.8. The molecule has 0 aliphatic heterocycles. The van der Waals surface area contributed by atoms with E-state index in [1.54, 1.807) is 0 Å². The maximum atomic E-state index is 12.9. The molecule has 0 amide bonds. The molecule has 69 heavy (non-hydrogen) atoms. The zero-order valence-corrected chi connectivity index (χ0v) is 46.6. The minimum atomic E-state index is -0.770. The van der Waals surface area contributed by atoms with Crippen molar-refractivity contribution in [2.45, 2.75) is 348 Å². The lowest BCUT2D eigenvalue weighted by Crippen LogP contribution is -2.30. The van der Waals surface area contributed by atoms with Gasteiger partial charge in [0.1, 0.15) is 13.2 Å². The minimum absolute atomic E-state index is 0.0687. The molecule has 0 N–H and O–H groups in total. The Hall–Kier alpha value is -2.11. The van der Waals surface area contributed by atoms with Crippen LogP contribution in [0.25, 0.3) is 0 Å². The van der Waals surface area contributed by atoms with Crippen molar-refractivity contribution in [2.24, 2.45) is 0 Å². The fourth-order valence-electron chi connectivity index (χ4n) is 9.26. The summed E-state index contributed by atoms with van der Waals surface area (Å²) in [5.74, 6) is -0.854. The van der Waals surface area contributed by atoms with Gasteiger partial charge in [-0.15, -0.1) is 0 Å². The van der Waals surface area contributed by atoms with Crippen LogP contribution in [0.15, 0.2) is 24.3 Å². The van der Waals surface area contributed by atoms with Crippen molar-refractivity contribution in [2.75, 3.05) is 13.2 Å². The highest BCUT2D eigenvalue weighted by Gasteiger charge is 2.19. The van der Waals surface area contributed by atoms with Crippen LogP contribution < -0.4 is 0 Å². The normalized spacial score (nSPS) is 12.1. The molecular formula is C63H118O6. The molecule has 406 valence electrons. The van der Waals surface area contributed by atoms with E-state index in [1.165, 1.54) is 244 Å². The van der Waals surface area contributed by atoms with Gasteiger partial charge in [0.05, 0.1) is 0 Å². The second-order valence-electron chi connectivity index (χ2n) is 21.0. The van der Waals surface area contributed by atoms with Crippen molar-refractivity contribution in [1.82, 2.24) is 0 Å². The zero-order valence-electron chi connectivity index (χ0n) is 46.6. The zero-order chi connectivity index (χ0) is 50.0. The van der Waals surface area contributed by atoms with Crippen molar-refractivity contribution in [3.05, 3.63) is 24.3 Å². The lowest BCUT2D eigenvalue weighted by atomic mass is 10.0. The SMILES string of the molecule is CCCCCCCCC/C=C\CCCCCCCCCC(=O)OC(COC(=O)CCCCCCCCCCCC)COC(=O)CCCCCCCCCCCCC/C=C\CCCCCCCCCC. The lowest BCUT2D eigenvalue weighted by Gasteiger charge is -2.18. The molecule has 0 saturated carbocycles. The van der Waals surface area contributed by atoms with Crippen LogP contribution in [-0.2, 0) is 28.6 Å².